The van der Waals surface area contributed by atoms with Gasteiger partial charge in [0.2, 0.25) is 11.7 Å². The lowest BCUT2D eigenvalue weighted by Gasteiger charge is -2.27. The number of piperidine rings is 1. The van der Waals surface area contributed by atoms with Crippen LogP contribution in [0.4, 0.5) is 16.2 Å². The van der Waals surface area contributed by atoms with Crippen molar-refractivity contribution in [2.24, 2.45) is 0 Å². The quantitative estimate of drug-likeness (QED) is 0.266. The van der Waals surface area contributed by atoms with Crippen LogP contribution in [0, 0.1) is 20.2 Å². The van der Waals surface area contributed by atoms with Crippen molar-refractivity contribution in [3.05, 3.63) is 67.1 Å². The summed E-state index contributed by atoms with van der Waals surface area (Å²) in [6.45, 7) is 0.812. The van der Waals surface area contributed by atoms with Crippen LogP contribution in [-0.4, -0.2) is 63.4 Å². The number of imide groups is 1. The SMILES string of the molecule is COc1cccc(/C=C2/SC(=O)N(CC(=O)N3CCCCC3)C2=O)c1Oc1ccc([N+](=O)[O-])cc1[N+](=O)[O-]. The highest BCUT2D eigenvalue weighted by molar-refractivity contribution is 8.18. The number of benzene rings is 2. The summed E-state index contributed by atoms with van der Waals surface area (Å²) in [5.41, 5.74) is -0.880. The number of nitrogens with zero attached hydrogens (tertiary/aromatic N) is 4. The molecule has 38 heavy (non-hydrogen) atoms. The van der Waals surface area contributed by atoms with E-state index in [4.69, 9.17) is 9.47 Å². The second-order valence-electron chi connectivity index (χ2n) is 8.36. The number of thioether (sulfide) groups is 1. The minimum atomic E-state index is -0.817. The van der Waals surface area contributed by atoms with E-state index in [1.807, 2.05) is 0 Å². The van der Waals surface area contributed by atoms with E-state index < -0.39 is 32.4 Å². The first-order valence-electron chi connectivity index (χ1n) is 11.5. The fourth-order valence-corrected chi connectivity index (χ4v) is 4.86. The molecule has 0 aliphatic carbocycles. The molecular weight excluding hydrogens is 520 g/mol. The van der Waals surface area contributed by atoms with E-state index in [0.717, 1.165) is 42.4 Å². The first-order valence-corrected chi connectivity index (χ1v) is 12.3. The van der Waals surface area contributed by atoms with Gasteiger partial charge in [0, 0.05) is 24.7 Å². The average Bonchev–Trinajstić information content (AvgIpc) is 3.17. The van der Waals surface area contributed by atoms with Gasteiger partial charge in [-0.05, 0) is 49.2 Å². The van der Waals surface area contributed by atoms with E-state index in [0.29, 0.717) is 24.9 Å². The number of methoxy groups -OCH3 is 1. The molecule has 0 aromatic heterocycles. The topological polar surface area (TPSA) is 162 Å². The molecule has 2 aliphatic heterocycles. The van der Waals surface area contributed by atoms with Gasteiger partial charge in [0.05, 0.1) is 27.9 Å². The minimum absolute atomic E-state index is 0.0110. The predicted octanol–water partition coefficient (Wildman–Crippen LogP) is 4.35. The number of nitro groups is 2. The number of hydrogen-bond donors (Lipinski definition) is 0. The van der Waals surface area contributed by atoms with E-state index in [-0.39, 0.29) is 40.2 Å². The summed E-state index contributed by atoms with van der Waals surface area (Å²) >= 11 is 0.655. The molecule has 0 atom stereocenters. The number of carbonyl (C=O) groups excluding carboxylic acids is 3. The molecular formula is C24H22N4O9S. The van der Waals surface area contributed by atoms with E-state index in [9.17, 15) is 34.6 Å². The van der Waals surface area contributed by atoms with Crippen LogP contribution in [0.15, 0.2) is 41.3 Å². The molecule has 0 N–H and O–H groups in total. The monoisotopic (exact) mass is 542 g/mol. The molecule has 14 heteroatoms. The lowest BCUT2D eigenvalue weighted by molar-refractivity contribution is -0.394. The third kappa shape index (κ3) is 5.59. The summed E-state index contributed by atoms with van der Waals surface area (Å²) in [5, 5.41) is 22.0. The molecule has 0 saturated carbocycles. The van der Waals surface area contributed by atoms with Crippen LogP contribution in [0.3, 0.4) is 0 Å². The van der Waals surface area contributed by atoms with Gasteiger partial charge in [0.25, 0.3) is 16.8 Å². The molecule has 4 rings (SSSR count). The Morgan fingerprint density at radius 2 is 1.79 bits per heavy atom. The van der Waals surface area contributed by atoms with Crippen molar-refractivity contribution in [3.8, 4) is 17.2 Å². The number of hydrogen-bond acceptors (Lipinski definition) is 10. The van der Waals surface area contributed by atoms with Gasteiger partial charge in [-0.1, -0.05) is 12.1 Å². The molecule has 198 valence electrons. The van der Waals surface area contributed by atoms with E-state index in [2.05, 4.69) is 0 Å². The standard InChI is InChI=1S/C24H22N4O9S/c1-36-19-7-5-6-15(22(19)37-18-9-8-16(27(32)33)13-17(18)28(34)35)12-20-23(30)26(24(31)38-20)14-21(29)25-10-3-2-4-11-25/h5-9,12-13H,2-4,10-11,14H2,1H3/b20-12+. The highest BCUT2D eigenvalue weighted by Crippen LogP contribution is 2.42. The van der Waals surface area contributed by atoms with Crippen molar-refractivity contribution < 1.29 is 33.7 Å². The molecule has 3 amide bonds. The zero-order valence-electron chi connectivity index (χ0n) is 20.2. The number of carbonyl (C=O) groups is 3. The Morgan fingerprint density at radius 3 is 2.45 bits per heavy atom. The van der Waals surface area contributed by atoms with E-state index in [1.165, 1.54) is 19.3 Å². The third-order valence-electron chi connectivity index (χ3n) is 5.95. The summed E-state index contributed by atoms with van der Waals surface area (Å²) in [6, 6.07) is 7.57. The first kappa shape index (κ1) is 26.6. The van der Waals surface area contributed by atoms with Crippen LogP contribution in [0.1, 0.15) is 24.8 Å². The Morgan fingerprint density at radius 1 is 1.05 bits per heavy atom. The summed E-state index contributed by atoms with van der Waals surface area (Å²) in [4.78, 5) is 61.8. The highest BCUT2D eigenvalue weighted by Gasteiger charge is 2.37. The molecule has 13 nitrogen and oxygen atoms in total. The number of ether oxygens (including phenoxy) is 2. The largest absolute Gasteiger partial charge is 0.493 e. The van der Waals surface area contributed by atoms with Crippen molar-refractivity contribution in [1.82, 2.24) is 9.80 Å². The van der Waals surface area contributed by atoms with Crippen LogP contribution in [0.25, 0.3) is 6.08 Å². The van der Waals surface area contributed by atoms with Gasteiger partial charge >= 0.3 is 5.69 Å². The van der Waals surface area contributed by atoms with Gasteiger partial charge in [0.1, 0.15) is 6.54 Å². The normalized spacial score (nSPS) is 16.6. The van der Waals surface area contributed by atoms with Crippen LogP contribution < -0.4 is 9.47 Å². The second kappa shape index (κ2) is 11.3. The molecule has 2 heterocycles. The van der Waals surface area contributed by atoms with Gasteiger partial charge in [-0.2, -0.15) is 0 Å². The maximum Gasteiger partial charge on any atom is 0.318 e. The van der Waals surface area contributed by atoms with Crippen molar-refractivity contribution in [1.29, 1.82) is 0 Å². The number of para-hydroxylation sites is 1. The lowest BCUT2D eigenvalue weighted by atomic mass is 10.1. The lowest BCUT2D eigenvalue weighted by Crippen LogP contribution is -2.44. The Labute approximate surface area is 220 Å². The van der Waals surface area contributed by atoms with E-state index >= 15 is 0 Å². The van der Waals surface area contributed by atoms with Crippen LogP contribution in [0.5, 0.6) is 17.2 Å². The predicted molar refractivity (Wildman–Crippen MR) is 136 cm³/mol. The zero-order chi connectivity index (χ0) is 27.4. The van der Waals surface area contributed by atoms with Crippen LogP contribution in [0.2, 0.25) is 0 Å². The summed E-state index contributed by atoms with van der Waals surface area (Å²) in [6.07, 6.45) is 4.14. The Hall–Kier alpha value is -4.46. The summed E-state index contributed by atoms with van der Waals surface area (Å²) < 4.78 is 11.1. The second-order valence-corrected chi connectivity index (χ2v) is 9.35. The summed E-state index contributed by atoms with van der Waals surface area (Å²) in [5.74, 6) is -1.10. The minimum Gasteiger partial charge on any atom is -0.493 e. The van der Waals surface area contributed by atoms with Crippen LogP contribution in [-0.2, 0) is 9.59 Å². The van der Waals surface area contributed by atoms with Crippen LogP contribution >= 0.6 is 11.8 Å². The molecule has 2 fully saturated rings. The molecule has 0 unspecified atom stereocenters. The molecule has 2 aliphatic rings. The maximum atomic E-state index is 13.0. The van der Waals surface area contributed by atoms with Gasteiger partial charge in [0.15, 0.2) is 11.5 Å². The Balaban J connectivity index is 1.64. The smallest absolute Gasteiger partial charge is 0.318 e. The van der Waals surface area contributed by atoms with Crippen molar-refractivity contribution in [3.63, 3.8) is 0 Å². The fourth-order valence-electron chi connectivity index (χ4n) is 4.03. The molecule has 2 saturated heterocycles. The van der Waals surface area contributed by atoms with Crippen molar-refractivity contribution >= 4 is 46.3 Å². The van der Waals surface area contributed by atoms with Crippen molar-refractivity contribution in [2.45, 2.75) is 19.3 Å². The van der Waals surface area contributed by atoms with Crippen molar-refractivity contribution in [2.75, 3.05) is 26.7 Å². The Bertz CT molecular complexity index is 1350. The Kier molecular flexibility index (Phi) is 7.90. The number of nitro benzene ring substituents is 2. The third-order valence-corrected chi connectivity index (χ3v) is 6.86. The molecule has 0 bridgehead atoms. The van der Waals surface area contributed by atoms with Gasteiger partial charge in [-0.3, -0.25) is 39.5 Å². The fraction of sp³-hybridized carbons (Fsp3) is 0.292. The van der Waals surface area contributed by atoms with Gasteiger partial charge in [-0.15, -0.1) is 0 Å². The van der Waals surface area contributed by atoms with E-state index in [1.54, 1.807) is 17.0 Å². The molecule has 0 spiro atoms. The number of non-ortho nitro benzene ring substituents is 1. The highest BCUT2D eigenvalue weighted by atomic mass is 32.2. The average molecular weight is 543 g/mol. The number of rotatable bonds is 8. The summed E-state index contributed by atoms with van der Waals surface area (Å²) in [7, 11) is 1.34. The molecule has 0 radical (unpaired) electrons. The zero-order valence-corrected chi connectivity index (χ0v) is 21.0. The maximum absolute atomic E-state index is 13.0. The molecule has 2 aromatic carbocycles. The number of likely N-dealkylation sites (tertiary alicyclic amines) is 1. The number of amides is 3. The van der Waals surface area contributed by atoms with Gasteiger partial charge in [-0.25, -0.2) is 0 Å². The first-order chi connectivity index (χ1) is 18.2. The van der Waals surface area contributed by atoms with Gasteiger partial charge < -0.3 is 14.4 Å². The molecule has 2 aromatic rings.